The molecule has 86 heavy (non-hydrogen) atoms. The summed E-state index contributed by atoms with van der Waals surface area (Å²) >= 11 is 0. The minimum absolute atomic E-state index is 0.0339. The lowest BCUT2D eigenvalue weighted by Gasteiger charge is -2.28. The van der Waals surface area contributed by atoms with Crippen molar-refractivity contribution in [2.45, 2.75) is 367 Å². The predicted molar refractivity (Wildman–Crippen MR) is 370 cm³/mol. The van der Waals surface area contributed by atoms with Crippen LogP contribution in [0.15, 0.2) is 60.8 Å². The summed E-state index contributed by atoms with van der Waals surface area (Å²) in [6, 6.07) is 0. The lowest BCUT2D eigenvalue weighted by molar-refractivity contribution is -0.870. The highest BCUT2D eigenvalue weighted by molar-refractivity contribution is 7.45. The van der Waals surface area contributed by atoms with Crippen molar-refractivity contribution in [1.29, 1.82) is 0 Å². The second kappa shape index (κ2) is 67.1. The second-order valence-corrected chi connectivity index (χ2v) is 27.7. The summed E-state index contributed by atoms with van der Waals surface area (Å²) < 4.78 is 34.3. The average molecular weight is 1230 g/mol. The Morgan fingerprint density at radius 2 is 0.663 bits per heavy atom. The van der Waals surface area contributed by atoms with Gasteiger partial charge in [0.2, 0.25) is 0 Å². The Morgan fingerprint density at radius 3 is 0.988 bits per heavy atom. The molecule has 504 valence electrons. The van der Waals surface area contributed by atoms with Crippen LogP contribution >= 0.6 is 7.82 Å². The molecule has 0 bridgehead atoms. The third kappa shape index (κ3) is 70.8. The molecule has 10 heteroatoms. The molecule has 0 rings (SSSR count). The van der Waals surface area contributed by atoms with Gasteiger partial charge in [-0.05, 0) is 57.8 Å². The number of hydrogen-bond acceptors (Lipinski definition) is 8. The molecule has 0 amide bonds. The van der Waals surface area contributed by atoms with Gasteiger partial charge in [-0.1, -0.05) is 351 Å². The number of likely N-dealkylation sites (N-methyl/N-ethyl adjacent to an activating group) is 1. The summed E-state index contributed by atoms with van der Waals surface area (Å²) in [5.41, 5.74) is 0. The van der Waals surface area contributed by atoms with Crippen LogP contribution in [0.1, 0.15) is 361 Å². The standard InChI is InChI=1S/C76H142NO8P/c1-6-8-10-12-14-16-18-20-22-24-26-28-30-31-32-33-34-35-36-37-38-39-40-41-42-43-44-45-47-48-50-52-54-56-58-60-62-64-66-68-75(78)82-72-74(73-84-86(80,81)83-71-70-77(3,4)5)85-76(79)69-67-65-63-61-59-57-55-53-51-49-46-29-27-25-23-21-19-17-15-13-11-9-7-2/h9,11,15,17,21,23,27,29,49,51,74H,6-8,10,12-14,16,18-20,22,24-26,28,30-48,50,52-73H2,1-5H3/b11-9-,17-15-,23-21-,29-27-,51-49-. The summed E-state index contributed by atoms with van der Waals surface area (Å²) in [7, 11) is 1.17. The molecule has 0 N–H and O–H groups in total. The number of allylic oxidation sites excluding steroid dienone is 10. The lowest BCUT2D eigenvalue weighted by atomic mass is 10.0. The quantitative estimate of drug-likeness (QED) is 0.0195. The van der Waals surface area contributed by atoms with E-state index >= 15 is 0 Å². The van der Waals surface area contributed by atoms with Crippen LogP contribution in [-0.2, 0) is 32.7 Å². The normalized spacial score (nSPS) is 13.4. The first-order valence-corrected chi connectivity index (χ1v) is 38.5. The molecule has 0 spiro atoms. The van der Waals surface area contributed by atoms with Crippen LogP contribution in [0.2, 0.25) is 0 Å². The molecule has 0 aromatic rings. The molecule has 0 aliphatic rings. The SMILES string of the molecule is CC/C=C\C/C=C\C/C=C\C/C=C\C/C=C\CCCCCCCCCC(=O)OC(COC(=O)CCCCCCCCCCCCCCCCCCCCCCCCCCCCCCCCCCCCCCCCC)COP(=O)([O-])OCC[N+](C)(C)C. The van der Waals surface area contributed by atoms with Crippen molar-refractivity contribution in [3.8, 4) is 0 Å². The number of unbranched alkanes of at least 4 members (excludes halogenated alkanes) is 45. The number of phosphoric ester groups is 1. The van der Waals surface area contributed by atoms with Gasteiger partial charge in [-0.3, -0.25) is 14.2 Å². The topological polar surface area (TPSA) is 111 Å². The fraction of sp³-hybridized carbons (Fsp3) is 0.842. The molecule has 0 heterocycles. The smallest absolute Gasteiger partial charge is 0.306 e. The van der Waals surface area contributed by atoms with E-state index in [0.29, 0.717) is 17.4 Å². The van der Waals surface area contributed by atoms with E-state index < -0.39 is 26.5 Å². The Morgan fingerprint density at radius 1 is 0.372 bits per heavy atom. The zero-order valence-electron chi connectivity index (χ0n) is 57.5. The van der Waals surface area contributed by atoms with Crippen LogP contribution in [0.4, 0.5) is 0 Å². The molecule has 0 aliphatic heterocycles. The summed E-state index contributed by atoms with van der Waals surface area (Å²) in [4.78, 5) is 38.1. The van der Waals surface area contributed by atoms with Crippen molar-refractivity contribution >= 4 is 19.8 Å². The molecule has 2 atom stereocenters. The van der Waals surface area contributed by atoms with Crippen LogP contribution in [0, 0.1) is 0 Å². The van der Waals surface area contributed by atoms with E-state index in [-0.39, 0.29) is 32.0 Å². The van der Waals surface area contributed by atoms with E-state index in [4.69, 9.17) is 18.5 Å². The zero-order chi connectivity index (χ0) is 62.6. The zero-order valence-corrected chi connectivity index (χ0v) is 58.4. The molecule has 2 unspecified atom stereocenters. The Kier molecular flexibility index (Phi) is 65.3. The van der Waals surface area contributed by atoms with Crippen LogP contribution in [0.5, 0.6) is 0 Å². The number of hydrogen-bond donors (Lipinski definition) is 0. The van der Waals surface area contributed by atoms with Gasteiger partial charge in [0.25, 0.3) is 7.82 Å². The van der Waals surface area contributed by atoms with Crippen molar-refractivity contribution < 1.29 is 42.1 Å². The molecule has 9 nitrogen and oxygen atoms in total. The first-order valence-electron chi connectivity index (χ1n) is 37.0. The van der Waals surface area contributed by atoms with E-state index in [1.54, 1.807) is 0 Å². The largest absolute Gasteiger partial charge is 0.756 e. The molecule has 0 aromatic carbocycles. The molecule has 0 aromatic heterocycles. The molecular formula is C76H142NO8P. The maximum absolute atomic E-state index is 12.8. The van der Waals surface area contributed by atoms with Gasteiger partial charge in [-0.2, -0.15) is 0 Å². The van der Waals surface area contributed by atoms with E-state index in [2.05, 4.69) is 74.6 Å². The Balaban J connectivity index is 3.91. The molecule has 0 radical (unpaired) electrons. The van der Waals surface area contributed by atoms with Crippen molar-refractivity contribution in [2.75, 3.05) is 47.5 Å². The number of nitrogens with zero attached hydrogens (tertiary/aromatic N) is 1. The maximum atomic E-state index is 12.8. The second-order valence-electron chi connectivity index (χ2n) is 26.3. The van der Waals surface area contributed by atoms with E-state index in [1.807, 2.05) is 21.1 Å². The van der Waals surface area contributed by atoms with Crippen LogP contribution < -0.4 is 4.89 Å². The Bertz CT molecular complexity index is 1630. The number of ether oxygens (including phenoxy) is 2. The third-order valence-electron chi connectivity index (χ3n) is 16.6. The lowest BCUT2D eigenvalue weighted by Crippen LogP contribution is -2.37. The number of phosphoric acid groups is 1. The summed E-state index contributed by atoms with van der Waals surface area (Å²) in [5.74, 6) is -0.833. The Hall–Kier alpha value is -2.29. The van der Waals surface area contributed by atoms with Crippen LogP contribution in [0.3, 0.4) is 0 Å². The van der Waals surface area contributed by atoms with Gasteiger partial charge in [0.15, 0.2) is 6.10 Å². The third-order valence-corrected chi connectivity index (χ3v) is 17.5. The summed E-state index contributed by atoms with van der Waals surface area (Å²) in [5, 5.41) is 0. The number of quaternary nitrogens is 1. The highest BCUT2D eigenvalue weighted by Gasteiger charge is 2.22. The monoisotopic (exact) mass is 1230 g/mol. The van der Waals surface area contributed by atoms with Gasteiger partial charge >= 0.3 is 11.9 Å². The van der Waals surface area contributed by atoms with Gasteiger partial charge in [-0.25, -0.2) is 0 Å². The van der Waals surface area contributed by atoms with E-state index in [9.17, 15) is 19.0 Å². The predicted octanol–water partition coefficient (Wildman–Crippen LogP) is 23.5. The highest BCUT2D eigenvalue weighted by Crippen LogP contribution is 2.38. The van der Waals surface area contributed by atoms with Gasteiger partial charge in [0.1, 0.15) is 19.8 Å². The van der Waals surface area contributed by atoms with Crippen LogP contribution in [0.25, 0.3) is 0 Å². The minimum Gasteiger partial charge on any atom is -0.756 e. The van der Waals surface area contributed by atoms with Gasteiger partial charge in [-0.15, -0.1) is 0 Å². The molecular weight excluding hydrogens is 1090 g/mol. The van der Waals surface area contributed by atoms with Gasteiger partial charge in [0, 0.05) is 12.8 Å². The highest BCUT2D eigenvalue weighted by atomic mass is 31.2. The van der Waals surface area contributed by atoms with Gasteiger partial charge in [0.05, 0.1) is 27.7 Å². The first kappa shape index (κ1) is 83.7. The number of esters is 2. The van der Waals surface area contributed by atoms with Crippen molar-refractivity contribution in [3.63, 3.8) is 0 Å². The first-order chi connectivity index (χ1) is 42.0. The molecule has 0 fully saturated rings. The van der Waals surface area contributed by atoms with E-state index in [1.165, 1.54) is 250 Å². The van der Waals surface area contributed by atoms with Crippen molar-refractivity contribution in [3.05, 3.63) is 60.8 Å². The number of carbonyl (C=O) groups excluding carboxylic acids is 2. The van der Waals surface area contributed by atoms with E-state index in [0.717, 1.165) is 77.0 Å². The number of carbonyl (C=O) groups is 2. The maximum Gasteiger partial charge on any atom is 0.306 e. The van der Waals surface area contributed by atoms with Crippen LogP contribution in [-0.4, -0.2) is 70.0 Å². The fourth-order valence-corrected chi connectivity index (χ4v) is 11.7. The van der Waals surface area contributed by atoms with Gasteiger partial charge < -0.3 is 27.9 Å². The van der Waals surface area contributed by atoms with Crippen molar-refractivity contribution in [2.24, 2.45) is 0 Å². The molecule has 0 saturated carbocycles. The Labute approximate surface area is 534 Å². The fourth-order valence-electron chi connectivity index (χ4n) is 10.9. The minimum atomic E-state index is -4.65. The number of rotatable bonds is 69. The molecule has 0 saturated heterocycles. The van der Waals surface area contributed by atoms with Crippen molar-refractivity contribution in [1.82, 2.24) is 0 Å². The average Bonchev–Trinajstić information content (AvgIpc) is 3.56. The summed E-state index contributed by atoms with van der Waals surface area (Å²) in [6.07, 6.45) is 89.1. The molecule has 0 aliphatic carbocycles. The summed E-state index contributed by atoms with van der Waals surface area (Å²) in [6.45, 7) is 4.16.